The highest BCUT2D eigenvalue weighted by atomic mass is 32.2. The number of nitrogens with one attached hydrogen (secondary N) is 1. The number of anilines is 1. The van der Waals surface area contributed by atoms with Gasteiger partial charge in [0.05, 0.1) is 22.8 Å². The Hall–Kier alpha value is -1.41. The zero-order valence-electron chi connectivity index (χ0n) is 10.6. The van der Waals surface area contributed by atoms with Gasteiger partial charge in [-0.3, -0.25) is 9.40 Å². The van der Waals surface area contributed by atoms with Gasteiger partial charge in [-0.1, -0.05) is 0 Å². The number of aryl methyl sites for hydroxylation is 3. The van der Waals surface area contributed by atoms with Crippen LogP contribution < -0.4 is 4.72 Å². The lowest BCUT2D eigenvalue weighted by atomic mass is 10.4. The summed E-state index contributed by atoms with van der Waals surface area (Å²) in [6.45, 7) is 5.17. The fourth-order valence-corrected chi connectivity index (χ4v) is 4.00. The molecule has 2 rings (SSSR count). The van der Waals surface area contributed by atoms with Gasteiger partial charge in [0.1, 0.15) is 4.90 Å². The van der Waals surface area contributed by atoms with E-state index in [2.05, 4.69) is 14.2 Å². The molecule has 98 valence electrons. The summed E-state index contributed by atoms with van der Waals surface area (Å²) in [4.78, 5) is 0.232. The standard InChI is InChI=1S/C10H14N4O2S2/c1-6-9(5-17-12-6)13-18(15,16)10-7(2)11-14(4)8(10)3/h5,13H,1-4H3. The van der Waals surface area contributed by atoms with E-state index in [1.165, 1.54) is 11.5 Å². The van der Waals surface area contributed by atoms with E-state index in [0.717, 1.165) is 0 Å². The lowest BCUT2D eigenvalue weighted by Gasteiger charge is -2.07. The zero-order valence-corrected chi connectivity index (χ0v) is 12.2. The SMILES string of the molecule is Cc1nscc1NS(=O)(=O)c1c(C)nn(C)c1C. The van der Waals surface area contributed by atoms with Crippen molar-refractivity contribution in [3.8, 4) is 0 Å². The molecule has 18 heavy (non-hydrogen) atoms. The minimum atomic E-state index is -3.61. The van der Waals surface area contributed by atoms with Crippen LogP contribution in [0.15, 0.2) is 10.3 Å². The van der Waals surface area contributed by atoms with E-state index in [-0.39, 0.29) is 4.90 Å². The summed E-state index contributed by atoms with van der Waals surface area (Å²) in [6, 6.07) is 0. The van der Waals surface area contributed by atoms with Crippen LogP contribution in [0.2, 0.25) is 0 Å². The number of rotatable bonds is 3. The van der Waals surface area contributed by atoms with Crippen LogP contribution in [-0.2, 0) is 17.1 Å². The normalized spacial score (nSPS) is 11.8. The molecular weight excluding hydrogens is 272 g/mol. The first-order valence-electron chi connectivity index (χ1n) is 5.27. The van der Waals surface area contributed by atoms with Crippen LogP contribution in [0.4, 0.5) is 5.69 Å². The maximum absolute atomic E-state index is 12.3. The minimum Gasteiger partial charge on any atom is -0.277 e. The summed E-state index contributed by atoms with van der Waals surface area (Å²) in [5.74, 6) is 0. The van der Waals surface area contributed by atoms with Crippen molar-refractivity contribution in [3.05, 3.63) is 22.5 Å². The van der Waals surface area contributed by atoms with E-state index in [1.807, 2.05) is 0 Å². The van der Waals surface area contributed by atoms with Crippen LogP contribution >= 0.6 is 11.5 Å². The molecule has 0 amide bonds. The molecule has 8 heteroatoms. The van der Waals surface area contributed by atoms with Crippen molar-refractivity contribution >= 4 is 27.2 Å². The molecule has 0 aliphatic rings. The molecule has 0 spiro atoms. The van der Waals surface area contributed by atoms with Gasteiger partial charge < -0.3 is 0 Å². The van der Waals surface area contributed by atoms with Crippen LogP contribution in [0.25, 0.3) is 0 Å². The molecule has 0 atom stereocenters. The van der Waals surface area contributed by atoms with E-state index in [4.69, 9.17) is 0 Å². The first kappa shape index (κ1) is 13.0. The van der Waals surface area contributed by atoms with Crippen molar-refractivity contribution in [1.82, 2.24) is 14.2 Å². The Morgan fingerprint density at radius 1 is 1.28 bits per heavy atom. The van der Waals surface area contributed by atoms with Gasteiger partial charge in [-0.25, -0.2) is 8.42 Å². The molecular formula is C10H14N4O2S2. The van der Waals surface area contributed by atoms with Crippen LogP contribution in [-0.4, -0.2) is 22.6 Å². The predicted octanol–water partition coefficient (Wildman–Crippen LogP) is 1.60. The van der Waals surface area contributed by atoms with Gasteiger partial charge in [0.2, 0.25) is 0 Å². The number of hydrogen-bond donors (Lipinski definition) is 1. The van der Waals surface area contributed by atoms with E-state index in [0.29, 0.717) is 22.8 Å². The fourth-order valence-electron chi connectivity index (χ4n) is 1.73. The molecule has 0 aliphatic heterocycles. The maximum Gasteiger partial charge on any atom is 0.265 e. The second-order valence-corrected chi connectivity index (χ2v) is 6.29. The molecule has 0 saturated carbocycles. The average Bonchev–Trinajstić information content (AvgIpc) is 2.73. The Kier molecular flexibility index (Phi) is 3.16. The molecule has 0 saturated heterocycles. The van der Waals surface area contributed by atoms with E-state index in [1.54, 1.807) is 37.9 Å². The molecule has 1 N–H and O–H groups in total. The van der Waals surface area contributed by atoms with Crippen LogP contribution in [0.5, 0.6) is 0 Å². The lowest BCUT2D eigenvalue weighted by Crippen LogP contribution is -2.15. The molecule has 0 bridgehead atoms. The molecule has 0 aliphatic carbocycles. The first-order valence-corrected chi connectivity index (χ1v) is 7.59. The van der Waals surface area contributed by atoms with Gasteiger partial charge in [-0.05, 0) is 32.3 Å². The van der Waals surface area contributed by atoms with Gasteiger partial charge in [0.15, 0.2) is 0 Å². The summed E-state index contributed by atoms with van der Waals surface area (Å²) in [7, 11) is -1.89. The number of aromatic nitrogens is 3. The van der Waals surface area contributed by atoms with Crippen molar-refractivity contribution < 1.29 is 8.42 Å². The third kappa shape index (κ3) is 2.13. The number of hydrogen-bond acceptors (Lipinski definition) is 5. The topological polar surface area (TPSA) is 76.9 Å². The second kappa shape index (κ2) is 4.36. The van der Waals surface area contributed by atoms with Gasteiger partial charge in [0, 0.05) is 12.4 Å². The number of sulfonamides is 1. The Morgan fingerprint density at radius 3 is 2.39 bits per heavy atom. The average molecular weight is 286 g/mol. The molecule has 0 aromatic carbocycles. The summed E-state index contributed by atoms with van der Waals surface area (Å²) in [5.41, 5.74) is 2.29. The van der Waals surface area contributed by atoms with Crippen molar-refractivity contribution in [1.29, 1.82) is 0 Å². The van der Waals surface area contributed by atoms with Crippen LogP contribution in [0, 0.1) is 20.8 Å². The summed E-state index contributed by atoms with van der Waals surface area (Å²) in [6.07, 6.45) is 0. The van der Waals surface area contributed by atoms with Gasteiger partial charge in [0.25, 0.3) is 10.0 Å². The second-order valence-electron chi connectivity index (χ2n) is 4.04. The van der Waals surface area contributed by atoms with Crippen molar-refractivity contribution in [2.24, 2.45) is 7.05 Å². The minimum absolute atomic E-state index is 0.232. The molecule has 0 unspecified atom stereocenters. The molecule has 0 radical (unpaired) electrons. The van der Waals surface area contributed by atoms with Gasteiger partial charge in [-0.2, -0.15) is 9.47 Å². The maximum atomic E-state index is 12.3. The summed E-state index contributed by atoms with van der Waals surface area (Å²) >= 11 is 1.22. The highest BCUT2D eigenvalue weighted by molar-refractivity contribution is 7.92. The molecule has 0 fully saturated rings. The van der Waals surface area contributed by atoms with E-state index in [9.17, 15) is 8.42 Å². The van der Waals surface area contributed by atoms with Crippen LogP contribution in [0.1, 0.15) is 17.1 Å². The Bertz CT molecular complexity index is 685. The Morgan fingerprint density at radius 2 is 1.94 bits per heavy atom. The number of nitrogens with zero attached hydrogens (tertiary/aromatic N) is 3. The van der Waals surface area contributed by atoms with E-state index >= 15 is 0 Å². The lowest BCUT2D eigenvalue weighted by molar-refractivity contribution is 0.599. The highest BCUT2D eigenvalue weighted by Crippen LogP contribution is 2.24. The molecule has 2 aromatic rings. The summed E-state index contributed by atoms with van der Waals surface area (Å²) < 4.78 is 32.8. The molecule has 2 heterocycles. The predicted molar refractivity (Wildman–Crippen MR) is 70.3 cm³/mol. The third-order valence-electron chi connectivity index (χ3n) is 2.71. The first-order chi connectivity index (χ1) is 8.33. The van der Waals surface area contributed by atoms with E-state index < -0.39 is 10.0 Å². The fraction of sp³-hybridized carbons (Fsp3) is 0.400. The van der Waals surface area contributed by atoms with Crippen molar-refractivity contribution in [2.45, 2.75) is 25.7 Å². The Balaban J connectivity index is 2.46. The van der Waals surface area contributed by atoms with Crippen molar-refractivity contribution in [2.75, 3.05) is 4.72 Å². The largest absolute Gasteiger partial charge is 0.277 e. The quantitative estimate of drug-likeness (QED) is 0.929. The molecule has 6 nitrogen and oxygen atoms in total. The third-order valence-corrected chi connectivity index (χ3v) is 5.04. The monoisotopic (exact) mass is 286 g/mol. The Labute approximate surface area is 110 Å². The van der Waals surface area contributed by atoms with Crippen molar-refractivity contribution in [3.63, 3.8) is 0 Å². The summed E-state index contributed by atoms with van der Waals surface area (Å²) in [5, 5.41) is 5.79. The van der Waals surface area contributed by atoms with Crippen LogP contribution in [0.3, 0.4) is 0 Å². The molecule has 2 aromatic heterocycles. The zero-order chi connectivity index (χ0) is 13.5. The van der Waals surface area contributed by atoms with Gasteiger partial charge >= 0.3 is 0 Å². The van der Waals surface area contributed by atoms with Gasteiger partial charge in [-0.15, -0.1) is 0 Å². The highest BCUT2D eigenvalue weighted by Gasteiger charge is 2.24. The smallest absolute Gasteiger partial charge is 0.265 e.